The van der Waals surface area contributed by atoms with Crippen molar-refractivity contribution < 1.29 is 14.3 Å². The lowest BCUT2D eigenvalue weighted by Gasteiger charge is -2.29. The Morgan fingerprint density at radius 2 is 1.95 bits per heavy atom. The van der Waals surface area contributed by atoms with E-state index in [1.807, 2.05) is 27.7 Å². The predicted octanol–water partition coefficient (Wildman–Crippen LogP) is 1.67. The number of nitrogens with one attached hydrogen (secondary N) is 2. The van der Waals surface area contributed by atoms with Gasteiger partial charge >= 0.3 is 5.97 Å². The minimum Gasteiger partial charge on any atom is -0.468 e. The van der Waals surface area contributed by atoms with Gasteiger partial charge in [-0.15, -0.1) is 0 Å². The zero-order valence-electron chi connectivity index (χ0n) is 13.3. The van der Waals surface area contributed by atoms with E-state index in [0.717, 1.165) is 25.7 Å². The van der Waals surface area contributed by atoms with E-state index in [9.17, 15) is 9.59 Å². The molecule has 0 aromatic rings. The highest BCUT2D eigenvalue weighted by atomic mass is 31.0. The summed E-state index contributed by atoms with van der Waals surface area (Å²) in [6.07, 6.45) is 3.42. The van der Waals surface area contributed by atoms with Gasteiger partial charge < -0.3 is 14.8 Å². The van der Waals surface area contributed by atoms with Gasteiger partial charge in [0, 0.05) is 0 Å². The van der Waals surface area contributed by atoms with Crippen LogP contribution in [0.4, 0.5) is 0 Å². The van der Waals surface area contributed by atoms with E-state index in [0.29, 0.717) is 6.42 Å². The van der Waals surface area contributed by atoms with Crippen LogP contribution in [0, 0.1) is 5.92 Å². The number of ether oxygens (including phenoxy) is 1. The molecule has 6 heteroatoms. The lowest BCUT2D eigenvalue weighted by molar-refractivity contribution is -0.147. The summed E-state index contributed by atoms with van der Waals surface area (Å²) in [4.78, 5) is 22.8. The normalized spacial score (nSPS) is 17.4. The molecular weight excluding hydrogens is 275 g/mol. The predicted molar refractivity (Wildman–Crippen MR) is 84.4 cm³/mol. The maximum absolute atomic E-state index is 11.7. The molecule has 0 rings (SSSR count). The summed E-state index contributed by atoms with van der Waals surface area (Å²) in [7, 11) is 3.76. The lowest BCUT2D eigenvalue weighted by Crippen LogP contribution is -2.49. The van der Waals surface area contributed by atoms with E-state index in [1.54, 1.807) is 0 Å². The van der Waals surface area contributed by atoms with Crippen molar-refractivity contribution >= 4 is 21.6 Å². The van der Waals surface area contributed by atoms with Crippen LogP contribution in [0.1, 0.15) is 47.0 Å². The summed E-state index contributed by atoms with van der Waals surface area (Å²) in [5, 5.41) is 6.21. The Kier molecular flexibility index (Phi) is 8.48. The van der Waals surface area contributed by atoms with Gasteiger partial charge in [-0.25, -0.2) is 0 Å². The molecule has 0 radical (unpaired) electrons. The number of hydrogen-bond donors (Lipinski definition) is 2. The number of unbranched alkanes of at least 4 members (excludes halogenated alkanes) is 1. The Balaban J connectivity index is 4.14. The molecule has 0 amide bonds. The molecule has 0 aliphatic carbocycles. The van der Waals surface area contributed by atoms with E-state index in [-0.39, 0.29) is 11.9 Å². The highest BCUT2D eigenvalue weighted by molar-refractivity contribution is 7.13. The molecule has 5 nitrogen and oxygen atoms in total. The third-order valence-electron chi connectivity index (χ3n) is 4.01. The van der Waals surface area contributed by atoms with Gasteiger partial charge in [0.2, 0.25) is 0 Å². The van der Waals surface area contributed by atoms with Crippen LogP contribution in [0.5, 0.6) is 0 Å². The first-order chi connectivity index (χ1) is 9.25. The molecular formula is C14H29N2O3P. The molecule has 0 saturated heterocycles. The first-order valence-electron chi connectivity index (χ1n) is 7.03. The Labute approximate surface area is 124 Å². The SMILES string of the molecule is COC(=O)C(C)(CCCCNC(C)(C=O)C(C)C)NP. The van der Waals surface area contributed by atoms with Gasteiger partial charge in [0.05, 0.1) is 12.6 Å². The molecule has 20 heavy (non-hydrogen) atoms. The van der Waals surface area contributed by atoms with Crippen molar-refractivity contribution in [2.24, 2.45) is 5.92 Å². The smallest absolute Gasteiger partial charge is 0.326 e. The molecule has 3 unspecified atom stereocenters. The van der Waals surface area contributed by atoms with E-state index < -0.39 is 11.1 Å². The fourth-order valence-corrected chi connectivity index (χ4v) is 2.06. The molecule has 0 fully saturated rings. The fourth-order valence-electron chi connectivity index (χ4n) is 1.80. The fraction of sp³-hybridized carbons (Fsp3) is 0.857. The van der Waals surface area contributed by atoms with Crippen LogP contribution in [0.2, 0.25) is 0 Å². The van der Waals surface area contributed by atoms with Crippen LogP contribution in [-0.2, 0) is 14.3 Å². The first-order valence-corrected chi connectivity index (χ1v) is 7.61. The maximum Gasteiger partial charge on any atom is 0.326 e. The van der Waals surface area contributed by atoms with Crippen molar-refractivity contribution in [3.8, 4) is 0 Å². The summed E-state index contributed by atoms with van der Waals surface area (Å²) in [5.74, 6) is -0.0191. The number of hydrogen-bond acceptors (Lipinski definition) is 5. The van der Waals surface area contributed by atoms with Crippen LogP contribution < -0.4 is 10.4 Å². The van der Waals surface area contributed by atoms with Crippen LogP contribution in [0.25, 0.3) is 0 Å². The molecule has 0 aromatic heterocycles. The summed E-state index contributed by atoms with van der Waals surface area (Å²) in [6, 6.07) is 0. The largest absolute Gasteiger partial charge is 0.468 e. The average Bonchev–Trinajstić information content (AvgIpc) is 2.44. The van der Waals surface area contributed by atoms with Crippen molar-refractivity contribution in [2.45, 2.75) is 58.0 Å². The quantitative estimate of drug-likeness (QED) is 0.278. The van der Waals surface area contributed by atoms with Gasteiger partial charge in [0.1, 0.15) is 11.8 Å². The minimum atomic E-state index is -0.675. The van der Waals surface area contributed by atoms with Crippen molar-refractivity contribution in [3.05, 3.63) is 0 Å². The van der Waals surface area contributed by atoms with Crippen molar-refractivity contribution in [1.29, 1.82) is 0 Å². The van der Waals surface area contributed by atoms with Crippen molar-refractivity contribution in [1.82, 2.24) is 10.4 Å². The van der Waals surface area contributed by atoms with Crippen LogP contribution >= 0.6 is 9.39 Å². The second-order valence-electron chi connectivity index (χ2n) is 5.91. The molecule has 2 N–H and O–H groups in total. The van der Waals surface area contributed by atoms with Gasteiger partial charge in [-0.05, 0) is 45.6 Å². The standard InChI is InChI=1S/C14H29N2O3P/c1-11(2)14(4,10-17)15-9-7-6-8-13(3,16-20)12(18)19-5/h10-11,15-16H,6-9,20H2,1-5H3. The molecule has 0 aliphatic rings. The first kappa shape index (κ1) is 19.5. The maximum atomic E-state index is 11.7. The Hall–Kier alpha value is -0.510. The van der Waals surface area contributed by atoms with Gasteiger partial charge in [0.15, 0.2) is 0 Å². The van der Waals surface area contributed by atoms with E-state index in [4.69, 9.17) is 4.74 Å². The topological polar surface area (TPSA) is 67.4 Å². The van der Waals surface area contributed by atoms with E-state index in [2.05, 4.69) is 19.8 Å². The molecule has 0 spiro atoms. The van der Waals surface area contributed by atoms with Gasteiger partial charge in [-0.3, -0.25) is 9.88 Å². The minimum absolute atomic E-state index is 0.244. The van der Waals surface area contributed by atoms with Gasteiger partial charge in [-0.1, -0.05) is 23.2 Å². The second kappa shape index (κ2) is 8.71. The Bertz CT molecular complexity index is 326. The molecule has 0 aromatic carbocycles. The highest BCUT2D eigenvalue weighted by Gasteiger charge is 2.32. The number of aldehydes is 1. The third kappa shape index (κ3) is 5.47. The highest BCUT2D eigenvalue weighted by Crippen LogP contribution is 2.18. The van der Waals surface area contributed by atoms with Gasteiger partial charge in [-0.2, -0.15) is 0 Å². The number of esters is 1. The van der Waals surface area contributed by atoms with Crippen LogP contribution in [0.15, 0.2) is 0 Å². The number of carbonyl (C=O) groups excluding carboxylic acids is 2. The number of carbonyl (C=O) groups is 2. The Morgan fingerprint density at radius 1 is 1.35 bits per heavy atom. The van der Waals surface area contributed by atoms with Crippen molar-refractivity contribution in [3.63, 3.8) is 0 Å². The zero-order chi connectivity index (χ0) is 15.8. The number of methoxy groups -OCH3 is 1. The molecule has 3 atom stereocenters. The van der Waals surface area contributed by atoms with Crippen molar-refractivity contribution in [2.75, 3.05) is 13.7 Å². The lowest BCUT2D eigenvalue weighted by atomic mass is 9.90. The summed E-state index contributed by atoms with van der Waals surface area (Å²) < 4.78 is 4.79. The third-order valence-corrected chi connectivity index (χ3v) is 4.65. The summed E-state index contributed by atoms with van der Waals surface area (Å²) in [6.45, 7) is 8.53. The molecule has 0 aliphatic heterocycles. The Morgan fingerprint density at radius 3 is 2.35 bits per heavy atom. The average molecular weight is 304 g/mol. The molecule has 0 heterocycles. The van der Waals surface area contributed by atoms with Crippen LogP contribution in [-0.4, -0.2) is 37.0 Å². The second-order valence-corrected chi connectivity index (χ2v) is 6.20. The number of rotatable bonds is 10. The summed E-state index contributed by atoms with van der Waals surface area (Å²) in [5.41, 5.74) is -1.16. The summed E-state index contributed by atoms with van der Waals surface area (Å²) >= 11 is 0. The van der Waals surface area contributed by atoms with Gasteiger partial charge in [0.25, 0.3) is 0 Å². The molecule has 0 saturated carbocycles. The monoisotopic (exact) mass is 304 g/mol. The zero-order valence-corrected chi connectivity index (χ0v) is 14.4. The van der Waals surface area contributed by atoms with Crippen LogP contribution in [0.3, 0.4) is 0 Å². The molecule has 0 bridgehead atoms. The van der Waals surface area contributed by atoms with E-state index in [1.165, 1.54) is 7.11 Å². The van der Waals surface area contributed by atoms with E-state index >= 15 is 0 Å². The molecule has 118 valence electrons.